The topological polar surface area (TPSA) is 231 Å². The summed E-state index contributed by atoms with van der Waals surface area (Å²) in [5.41, 5.74) is 18.4. The smallest absolute Gasteiger partial charge is 0.326 e. The molecule has 1 aromatic heterocycles. The fourth-order valence-corrected chi connectivity index (χ4v) is 4.31. The first-order chi connectivity index (χ1) is 19.3. The molecule has 2 rings (SSSR count). The van der Waals surface area contributed by atoms with Gasteiger partial charge in [-0.15, -0.1) is 0 Å². The summed E-state index contributed by atoms with van der Waals surface area (Å²) in [5, 5.41) is 18.5. The Labute approximate surface area is 240 Å². The van der Waals surface area contributed by atoms with Crippen LogP contribution in [0.2, 0.25) is 0 Å². The first kappa shape index (κ1) is 33.1. The molecule has 0 saturated heterocycles. The standard InChI is InChI=1S/C28H44N8O5/c1-15(2)12-22(27(40)41)36-25(38)21(13-17-14-33-19-9-6-5-8-18(17)19)35-24(37)20(10-7-11-32-28(30)31)34-26(39)23(29)16(3)4/h5-6,8-9,14-16,20-23,33H,7,10-13,29H2,1-4H3,(H,34,39)(H,35,37)(H,36,38)(H,40,41)(H4,30,31,32). The number of carbonyl (C=O) groups is 4. The second-order valence-corrected chi connectivity index (χ2v) is 10.9. The van der Waals surface area contributed by atoms with Crippen molar-refractivity contribution in [3.8, 4) is 0 Å². The number of nitrogens with zero attached hydrogens (tertiary/aromatic N) is 1. The van der Waals surface area contributed by atoms with E-state index in [9.17, 15) is 24.3 Å². The lowest BCUT2D eigenvalue weighted by atomic mass is 10.0. The van der Waals surface area contributed by atoms with E-state index in [1.807, 2.05) is 38.1 Å². The number of hydrogen-bond donors (Lipinski definition) is 8. The molecule has 13 heteroatoms. The van der Waals surface area contributed by atoms with Crippen LogP contribution in [0.25, 0.3) is 10.9 Å². The van der Waals surface area contributed by atoms with E-state index < -0.39 is 47.9 Å². The number of hydrogen-bond acceptors (Lipinski definition) is 6. The maximum absolute atomic E-state index is 13.5. The molecular weight excluding hydrogens is 528 g/mol. The van der Waals surface area contributed by atoms with Gasteiger partial charge in [-0.05, 0) is 42.7 Å². The molecule has 226 valence electrons. The molecule has 0 aliphatic carbocycles. The summed E-state index contributed by atoms with van der Waals surface area (Å²) in [6, 6.07) is 3.35. The van der Waals surface area contributed by atoms with Crippen LogP contribution in [0.3, 0.4) is 0 Å². The molecule has 0 saturated carbocycles. The third kappa shape index (κ3) is 10.4. The van der Waals surface area contributed by atoms with Gasteiger partial charge in [0.05, 0.1) is 6.04 Å². The summed E-state index contributed by atoms with van der Waals surface area (Å²) in [7, 11) is 0. The number of amides is 3. The Balaban J connectivity index is 2.34. The van der Waals surface area contributed by atoms with Crippen molar-refractivity contribution in [2.24, 2.45) is 34.0 Å². The summed E-state index contributed by atoms with van der Waals surface area (Å²) >= 11 is 0. The minimum absolute atomic E-state index is 0.00744. The molecule has 1 aromatic carbocycles. The lowest BCUT2D eigenvalue weighted by molar-refractivity contribution is -0.142. The van der Waals surface area contributed by atoms with Crippen molar-refractivity contribution in [1.29, 1.82) is 0 Å². The number of carboxylic acids is 1. The zero-order valence-electron chi connectivity index (χ0n) is 24.1. The summed E-state index contributed by atoms with van der Waals surface area (Å²) in [6.45, 7) is 7.51. The van der Waals surface area contributed by atoms with Gasteiger partial charge < -0.3 is 43.2 Å². The van der Waals surface area contributed by atoms with Crippen LogP contribution in [0.15, 0.2) is 35.5 Å². The van der Waals surface area contributed by atoms with Gasteiger partial charge in [-0.3, -0.25) is 19.4 Å². The number of nitrogens with two attached hydrogens (primary N) is 3. The third-order valence-electron chi connectivity index (χ3n) is 6.65. The Morgan fingerprint density at radius 2 is 1.54 bits per heavy atom. The highest BCUT2D eigenvalue weighted by atomic mass is 16.4. The van der Waals surface area contributed by atoms with Gasteiger partial charge in [-0.2, -0.15) is 0 Å². The second kappa shape index (κ2) is 15.6. The average Bonchev–Trinajstić information content (AvgIpc) is 3.31. The number of H-pyrrole nitrogens is 1. The zero-order chi connectivity index (χ0) is 30.7. The molecule has 3 amide bonds. The van der Waals surface area contributed by atoms with Gasteiger partial charge in [0, 0.05) is 30.1 Å². The minimum atomic E-state index is -1.17. The van der Waals surface area contributed by atoms with Crippen molar-refractivity contribution in [2.45, 2.75) is 77.5 Å². The molecule has 41 heavy (non-hydrogen) atoms. The van der Waals surface area contributed by atoms with Crippen LogP contribution in [-0.4, -0.2) is 70.5 Å². The van der Waals surface area contributed by atoms with Crippen LogP contribution in [0.4, 0.5) is 0 Å². The van der Waals surface area contributed by atoms with Crippen LogP contribution in [0, 0.1) is 11.8 Å². The maximum atomic E-state index is 13.5. The van der Waals surface area contributed by atoms with Crippen molar-refractivity contribution >= 4 is 40.6 Å². The van der Waals surface area contributed by atoms with E-state index in [0.29, 0.717) is 6.42 Å². The van der Waals surface area contributed by atoms with E-state index in [2.05, 4.69) is 25.9 Å². The lowest BCUT2D eigenvalue weighted by Gasteiger charge is -2.26. The van der Waals surface area contributed by atoms with Crippen molar-refractivity contribution in [1.82, 2.24) is 20.9 Å². The Bertz CT molecular complexity index is 1220. The highest BCUT2D eigenvalue weighted by Gasteiger charge is 2.31. The zero-order valence-corrected chi connectivity index (χ0v) is 24.1. The van der Waals surface area contributed by atoms with E-state index in [1.54, 1.807) is 20.0 Å². The number of guanidine groups is 1. The molecule has 0 aliphatic rings. The van der Waals surface area contributed by atoms with Crippen LogP contribution in [0.5, 0.6) is 0 Å². The quantitative estimate of drug-likeness (QED) is 0.0791. The third-order valence-corrected chi connectivity index (χ3v) is 6.65. The first-order valence-electron chi connectivity index (χ1n) is 13.8. The number of fused-ring (bicyclic) bond motifs is 1. The van der Waals surface area contributed by atoms with Crippen LogP contribution >= 0.6 is 0 Å². The predicted molar refractivity (Wildman–Crippen MR) is 158 cm³/mol. The van der Waals surface area contributed by atoms with Gasteiger partial charge >= 0.3 is 5.97 Å². The maximum Gasteiger partial charge on any atom is 0.326 e. The van der Waals surface area contributed by atoms with E-state index in [-0.39, 0.29) is 43.6 Å². The van der Waals surface area contributed by atoms with E-state index in [4.69, 9.17) is 17.2 Å². The first-order valence-corrected chi connectivity index (χ1v) is 13.8. The Kier molecular flexibility index (Phi) is 12.6. The fraction of sp³-hybridized carbons (Fsp3) is 0.536. The monoisotopic (exact) mass is 572 g/mol. The normalized spacial score (nSPS) is 14.2. The van der Waals surface area contributed by atoms with Crippen LogP contribution in [0.1, 0.15) is 52.5 Å². The Morgan fingerprint density at radius 1 is 0.927 bits per heavy atom. The number of aromatic amines is 1. The number of carboxylic acid groups (broad SMARTS) is 1. The highest BCUT2D eigenvalue weighted by Crippen LogP contribution is 2.19. The number of para-hydroxylation sites is 1. The summed E-state index contributed by atoms with van der Waals surface area (Å²) in [6.07, 6.45) is 2.57. The molecule has 4 unspecified atom stereocenters. The van der Waals surface area contributed by atoms with Gasteiger partial charge in [0.2, 0.25) is 17.7 Å². The summed E-state index contributed by atoms with van der Waals surface area (Å²) < 4.78 is 0. The summed E-state index contributed by atoms with van der Waals surface area (Å²) in [5.74, 6) is -3.21. The largest absolute Gasteiger partial charge is 0.480 e. The average molecular weight is 573 g/mol. The van der Waals surface area contributed by atoms with Crippen molar-refractivity contribution in [2.75, 3.05) is 6.54 Å². The molecule has 1 heterocycles. The van der Waals surface area contributed by atoms with E-state index in [0.717, 1.165) is 16.5 Å². The number of aliphatic carboxylic acids is 1. The molecule has 0 aliphatic heterocycles. The second-order valence-electron chi connectivity index (χ2n) is 10.9. The van der Waals surface area contributed by atoms with Gasteiger partial charge in [0.15, 0.2) is 5.96 Å². The molecule has 0 radical (unpaired) electrons. The molecule has 4 atom stereocenters. The fourth-order valence-electron chi connectivity index (χ4n) is 4.31. The molecule has 11 N–H and O–H groups in total. The number of aromatic nitrogens is 1. The number of nitrogens with one attached hydrogen (secondary N) is 4. The SMILES string of the molecule is CC(C)CC(NC(=O)C(Cc1c[nH]c2ccccc12)NC(=O)C(CCCN=C(N)N)NC(=O)C(N)C(C)C)C(=O)O. The molecule has 0 spiro atoms. The lowest BCUT2D eigenvalue weighted by Crippen LogP contribution is -2.58. The van der Waals surface area contributed by atoms with Crippen LogP contribution < -0.4 is 33.2 Å². The number of aliphatic imine (C=N–C) groups is 1. The molecule has 0 fully saturated rings. The van der Waals surface area contributed by atoms with Crippen molar-refractivity contribution < 1.29 is 24.3 Å². The van der Waals surface area contributed by atoms with Gasteiger partial charge in [0.25, 0.3) is 0 Å². The van der Waals surface area contributed by atoms with E-state index in [1.165, 1.54) is 0 Å². The number of rotatable bonds is 16. The van der Waals surface area contributed by atoms with Crippen molar-refractivity contribution in [3.05, 3.63) is 36.0 Å². The predicted octanol–water partition coefficient (Wildman–Crippen LogP) is 0.332. The number of carbonyl (C=O) groups excluding carboxylic acids is 3. The minimum Gasteiger partial charge on any atom is -0.480 e. The number of benzene rings is 1. The van der Waals surface area contributed by atoms with Gasteiger partial charge in [-0.25, -0.2) is 4.79 Å². The molecule has 13 nitrogen and oxygen atoms in total. The Hall–Kier alpha value is -4.13. The van der Waals surface area contributed by atoms with Gasteiger partial charge in [0.1, 0.15) is 18.1 Å². The highest BCUT2D eigenvalue weighted by molar-refractivity contribution is 5.95. The van der Waals surface area contributed by atoms with Gasteiger partial charge in [-0.1, -0.05) is 45.9 Å². The molecular formula is C28H44N8O5. The molecule has 0 bridgehead atoms. The Morgan fingerprint density at radius 3 is 2.15 bits per heavy atom. The van der Waals surface area contributed by atoms with E-state index >= 15 is 0 Å². The summed E-state index contributed by atoms with van der Waals surface area (Å²) in [4.78, 5) is 58.7. The van der Waals surface area contributed by atoms with Crippen molar-refractivity contribution in [3.63, 3.8) is 0 Å². The molecule has 2 aromatic rings. The van der Waals surface area contributed by atoms with Crippen LogP contribution in [-0.2, 0) is 25.6 Å².